The Labute approximate surface area is 117 Å². The Balaban J connectivity index is 1.88. The van der Waals surface area contributed by atoms with E-state index in [1.54, 1.807) is 11.8 Å². The van der Waals surface area contributed by atoms with Gasteiger partial charge in [0.1, 0.15) is 11.6 Å². The number of hydrazone groups is 1. The molecule has 2 aromatic carbocycles. The monoisotopic (exact) mass is 266 g/mol. The summed E-state index contributed by atoms with van der Waals surface area (Å²) in [5.74, 6) is 0.694. The summed E-state index contributed by atoms with van der Waals surface area (Å²) >= 11 is 0. The molecule has 0 amide bonds. The third-order valence-corrected chi connectivity index (χ3v) is 3.22. The molecular formula is C16H14N2O2. The SMILES string of the molecule is COc1ccc(/C=[N+]2\N=C([O-])C2c2ccccc2)cc1. The van der Waals surface area contributed by atoms with Crippen molar-refractivity contribution in [3.05, 3.63) is 65.7 Å². The van der Waals surface area contributed by atoms with Gasteiger partial charge in [-0.2, -0.15) is 0 Å². The van der Waals surface area contributed by atoms with Crippen molar-refractivity contribution in [2.24, 2.45) is 5.10 Å². The standard InChI is InChI=1S/C16H14N2O2/c1-20-14-9-7-12(8-10-14)11-18-15(16(19)17-18)13-5-3-2-4-6-13/h2-11,15H,1H3/b18-11-. The molecular weight excluding hydrogens is 252 g/mol. The van der Waals surface area contributed by atoms with Crippen LogP contribution in [-0.2, 0) is 0 Å². The Kier molecular flexibility index (Phi) is 3.21. The molecule has 0 radical (unpaired) electrons. The van der Waals surface area contributed by atoms with Gasteiger partial charge in [0.2, 0.25) is 12.3 Å². The highest BCUT2D eigenvalue weighted by Crippen LogP contribution is 2.24. The Morgan fingerprint density at radius 2 is 1.80 bits per heavy atom. The van der Waals surface area contributed by atoms with Crippen molar-refractivity contribution in [1.82, 2.24) is 0 Å². The highest BCUT2D eigenvalue weighted by atomic mass is 16.5. The molecule has 0 saturated heterocycles. The minimum Gasteiger partial charge on any atom is -0.853 e. The quantitative estimate of drug-likeness (QED) is 0.791. The van der Waals surface area contributed by atoms with Gasteiger partial charge in [-0.3, -0.25) is 0 Å². The highest BCUT2D eigenvalue weighted by Gasteiger charge is 2.33. The smallest absolute Gasteiger partial charge is 0.243 e. The lowest BCUT2D eigenvalue weighted by molar-refractivity contribution is -0.602. The molecule has 0 fully saturated rings. The Bertz CT molecular complexity index is 661. The fourth-order valence-corrected chi connectivity index (χ4v) is 2.16. The molecule has 0 N–H and O–H groups in total. The van der Waals surface area contributed by atoms with E-state index in [-0.39, 0.29) is 11.9 Å². The largest absolute Gasteiger partial charge is 0.853 e. The van der Waals surface area contributed by atoms with Crippen molar-refractivity contribution in [3.8, 4) is 5.75 Å². The molecule has 2 aromatic rings. The van der Waals surface area contributed by atoms with Crippen LogP contribution in [0.3, 0.4) is 0 Å². The molecule has 1 unspecified atom stereocenters. The zero-order chi connectivity index (χ0) is 13.9. The summed E-state index contributed by atoms with van der Waals surface area (Å²) in [7, 11) is 1.63. The minimum atomic E-state index is -0.307. The Morgan fingerprint density at radius 1 is 1.10 bits per heavy atom. The van der Waals surface area contributed by atoms with Gasteiger partial charge >= 0.3 is 0 Å². The first-order valence-corrected chi connectivity index (χ1v) is 6.35. The topological polar surface area (TPSA) is 47.7 Å². The van der Waals surface area contributed by atoms with Crippen LogP contribution in [0.4, 0.5) is 0 Å². The average molecular weight is 266 g/mol. The molecule has 0 aliphatic carbocycles. The molecule has 0 spiro atoms. The van der Waals surface area contributed by atoms with E-state index in [2.05, 4.69) is 5.10 Å². The fourth-order valence-electron chi connectivity index (χ4n) is 2.16. The van der Waals surface area contributed by atoms with Gasteiger partial charge in [0.25, 0.3) is 0 Å². The van der Waals surface area contributed by atoms with Gasteiger partial charge < -0.3 is 9.84 Å². The molecule has 0 saturated carbocycles. The number of hydrogen-bond acceptors (Lipinski definition) is 3. The number of rotatable bonds is 3. The molecule has 3 rings (SSSR count). The molecule has 100 valence electrons. The van der Waals surface area contributed by atoms with E-state index in [0.29, 0.717) is 0 Å². The predicted octanol–water partition coefficient (Wildman–Crippen LogP) is 1.56. The first kappa shape index (κ1) is 12.4. The van der Waals surface area contributed by atoms with Crippen LogP contribution in [0.15, 0.2) is 59.7 Å². The third kappa shape index (κ3) is 2.28. The maximum atomic E-state index is 11.7. The molecule has 0 aromatic heterocycles. The number of methoxy groups -OCH3 is 1. The van der Waals surface area contributed by atoms with Crippen molar-refractivity contribution in [1.29, 1.82) is 0 Å². The number of nitrogens with zero attached hydrogens (tertiary/aromatic N) is 2. The summed E-state index contributed by atoms with van der Waals surface area (Å²) in [6.45, 7) is 0. The molecule has 0 bridgehead atoms. The second-order valence-electron chi connectivity index (χ2n) is 4.53. The van der Waals surface area contributed by atoms with Crippen molar-refractivity contribution in [2.45, 2.75) is 6.04 Å². The van der Waals surface area contributed by atoms with Crippen LogP contribution < -0.4 is 9.84 Å². The van der Waals surface area contributed by atoms with E-state index in [9.17, 15) is 5.11 Å². The molecule has 1 aliphatic heterocycles. The lowest BCUT2D eigenvalue weighted by atomic mass is 10.1. The van der Waals surface area contributed by atoms with Crippen LogP contribution in [0.1, 0.15) is 17.2 Å². The van der Waals surface area contributed by atoms with Crippen LogP contribution in [0, 0.1) is 0 Å². The normalized spacial score (nSPS) is 19.4. The maximum Gasteiger partial charge on any atom is 0.243 e. The lowest BCUT2D eigenvalue weighted by Gasteiger charge is -2.24. The van der Waals surface area contributed by atoms with Gasteiger partial charge in [0, 0.05) is 11.1 Å². The minimum absolute atomic E-state index is 0.110. The van der Waals surface area contributed by atoms with Gasteiger partial charge in [-0.25, -0.2) is 0 Å². The summed E-state index contributed by atoms with van der Waals surface area (Å²) in [5.41, 5.74) is 1.93. The molecule has 4 heteroatoms. The Hall–Kier alpha value is -2.62. The van der Waals surface area contributed by atoms with Crippen LogP contribution in [0.2, 0.25) is 0 Å². The number of hydrogen-bond donors (Lipinski definition) is 0. The predicted molar refractivity (Wildman–Crippen MR) is 75.0 cm³/mol. The van der Waals surface area contributed by atoms with Gasteiger partial charge in [-0.05, 0) is 29.4 Å². The van der Waals surface area contributed by atoms with Gasteiger partial charge in [0.05, 0.1) is 7.11 Å². The first-order valence-electron chi connectivity index (χ1n) is 6.35. The van der Waals surface area contributed by atoms with Crippen LogP contribution in [-0.4, -0.2) is 23.9 Å². The van der Waals surface area contributed by atoms with E-state index in [0.717, 1.165) is 16.9 Å². The lowest BCUT2D eigenvalue weighted by Crippen LogP contribution is -2.42. The van der Waals surface area contributed by atoms with Crippen molar-refractivity contribution in [2.75, 3.05) is 7.11 Å². The second kappa shape index (κ2) is 5.17. The van der Waals surface area contributed by atoms with E-state index < -0.39 is 0 Å². The van der Waals surface area contributed by atoms with E-state index in [4.69, 9.17) is 4.74 Å². The highest BCUT2D eigenvalue weighted by molar-refractivity contribution is 5.83. The van der Waals surface area contributed by atoms with Gasteiger partial charge in [0.15, 0.2) is 0 Å². The van der Waals surface area contributed by atoms with Crippen molar-refractivity contribution < 1.29 is 14.5 Å². The Morgan fingerprint density at radius 3 is 2.40 bits per heavy atom. The zero-order valence-corrected chi connectivity index (χ0v) is 11.1. The number of ether oxygens (including phenoxy) is 1. The van der Waals surface area contributed by atoms with E-state index in [1.165, 1.54) is 0 Å². The summed E-state index contributed by atoms with van der Waals surface area (Å²) in [6, 6.07) is 17.0. The van der Waals surface area contributed by atoms with Crippen LogP contribution >= 0.6 is 0 Å². The molecule has 4 nitrogen and oxygen atoms in total. The molecule has 20 heavy (non-hydrogen) atoms. The van der Waals surface area contributed by atoms with Crippen molar-refractivity contribution in [3.63, 3.8) is 0 Å². The zero-order valence-electron chi connectivity index (χ0n) is 11.1. The summed E-state index contributed by atoms with van der Waals surface area (Å²) < 4.78 is 6.81. The summed E-state index contributed by atoms with van der Waals surface area (Å²) in [5, 5.41) is 15.6. The van der Waals surface area contributed by atoms with Gasteiger partial charge in [-0.15, -0.1) is 0 Å². The molecule has 1 heterocycles. The van der Waals surface area contributed by atoms with E-state index >= 15 is 0 Å². The summed E-state index contributed by atoms with van der Waals surface area (Å²) in [4.78, 5) is 0. The van der Waals surface area contributed by atoms with Gasteiger partial charge in [-0.1, -0.05) is 35.0 Å². The second-order valence-corrected chi connectivity index (χ2v) is 4.53. The maximum absolute atomic E-state index is 11.7. The average Bonchev–Trinajstić information content (AvgIpc) is 2.48. The fraction of sp³-hybridized carbons (Fsp3) is 0.125. The number of benzene rings is 2. The van der Waals surface area contributed by atoms with Crippen LogP contribution in [0.25, 0.3) is 0 Å². The molecule has 1 atom stereocenters. The van der Waals surface area contributed by atoms with E-state index in [1.807, 2.05) is 60.8 Å². The third-order valence-electron chi connectivity index (χ3n) is 3.22. The van der Waals surface area contributed by atoms with Crippen molar-refractivity contribution >= 4 is 12.1 Å². The first-order chi connectivity index (χ1) is 9.78. The summed E-state index contributed by atoms with van der Waals surface area (Å²) in [6.07, 6.45) is 1.86. The van der Waals surface area contributed by atoms with Crippen LogP contribution in [0.5, 0.6) is 5.75 Å². The molecule has 1 aliphatic rings.